The Kier molecular flexibility index (Phi) is 5.55. The molecule has 1 heterocycles. The Labute approximate surface area is 142 Å². The van der Waals surface area contributed by atoms with Gasteiger partial charge < -0.3 is 14.2 Å². The van der Waals surface area contributed by atoms with E-state index in [9.17, 15) is 18.0 Å². The molecule has 136 valence electrons. The van der Waals surface area contributed by atoms with Crippen molar-refractivity contribution < 1.29 is 32.2 Å². The predicted molar refractivity (Wildman–Crippen MR) is 81.2 cm³/mol. The van der Waals surface area contributed by atoms with E-state index in [1.54, 1.807) is 33.2 Å². The Hall–Kier alpha value is -2.71. The van der Waals surface area contributed by atoms with E-state index in [-0.39, 0.29) is 23.6 Å². The standard InChI is InChI=1S/C16H17F3N2O4/c1-10(2)24-15(22)11-5-4-6-13(25-16(17,18)19)12(11)9-23-14-7-8-21(3)20-14/h4-8,10H,9H2,1-3H3. The Bertz CT molecular complexity index is 741. The number of aryl methyl sites for hydroxylation is 1. The van der Waals surface area contributed by atoms with Crippen molar-refractivity contribution in [2.24, 2.45) is 7.05 Å². The summed E-state index contributed by atoms with van der Waals surface area (Å²) in [6, 6.07) is 5.28. The normalized spacial score (nSPS) is 11.5. The van der Waals surface area contributed by atoms with Gasteiger partial charge in [0.2, 0.25) is 5.88 Å². The highest BCUT2D eigenvalue weighted by atomic mass is 19.4. The SMILES string of the molecule is CC(C)OC(=O)c1cccc(OC(F)(F)F)c1COc1ccn(C)n1. The second-order valence-electron chi connectivity index (χ2n) is 5.40. The second-order valence-corrected chi connectivity index (χ2v) is 5.40. The topological polar surface area (TPSA) is 62.6 Å². The molecule has 0 spiro atoms. The molecule has 0 atom stereocenters. The number of benzene rings is 1. The third-order valence-corrected chi connectivity index (χ3v) is 2.97. The van der Waals surface area contributed by atoms with Crippen LogP contribution in [0.1, 0.15) is 29.8 Å². The molecule has 25 heavy (non-hydrogen) atoms. The summed E-state index contributed by atoms with van der Waals surface area (Å²) in [6.45, 7) is 2.93. The Morgan fingerprint density at radius 2 is 2.00 bits per heavy atom. The summed E-state index contributed by atoms with van der Waals surface area (Å²) < 4.78 is 53.8. The van der Waals surface area contributed by atoms with Gasteiger partial charge in [-0.25, -0.2) is 4.79 Å². The summed E-state index contributed by atoms with van der Waals surface area (Å²) in [7, 11) is 1.67. The molecule has 9 heteroatoms. The molecular weight excluding hydrogens is 341 g/mol. The van der Waals surface area contributed by atoms with Crippen molar-refractivity contribution in [3.05, 3.63) is 41.6 Å². The maximum absolute atomic E-state index is 12.6. The number of ether oxygens (including phenoxy) is 3. The average molecular weight is 358 g/mol. The molecule has 1 aromatic heterocycles. The molecule has 2 aromatic rings. The van der Waals surface area contributed by atoms with Crippen LogP contribution in [-0.4, -0.2) is 28.2 Å². The molecule has 0 aliphatic carbocycles. The number of alkyl halides is 3. The van der Waals surface area contributed by atoms with Gasteiger partial charge >= 0.3 is 12.3 Å². The zero-order valence-electron chi connectivity index (χ0n) is 13.8. The molecule has 1 aromatic carbocycles. The Morgan fingerprint density at radius 3 is 2.56 bits per heavy atom. The van der Waals surface area contributed by atoms with E-state index in [2.05, 4.69) is 9.84 Å². The molecule has 0 aliphatic heterocycles. The van der Waals surface area contributed by atoms with E-state index in [1.807, 2.05) is 0 Å². The van der Waals surface area contributed by atoms with Crippen molar-refractivity contribution in [3.63, 3.8) is 0 Å². The maximum Gasteiger partial charge on any atom is 0.573 e. The first kappa shape index (κ1) is 18.6. The minimum Gasteiger partial charge on any atom is -0.472 e. The molecule has 0 unspecified atom stereocenters. The second kappa shape index (κ2) is 7.45. The molecule has 0 bridgehead atoms. The Balaban J connectivity index is 2.34. The fraction of sp³-hybridized carbons (Fsp3) is 0.375. The molecular formula is C16H17F3N2O4. The van der Waals surface area contributed by atoms with Gasteiger partial charge in [-0.15, -0.1) is 18.3 Å². The van der Waals surface area contributed by atoms with Gasteiger partial charge in [0.25, 0.3) is 0 Å². The van der Waals surface area contributed by atoms with E-state index in [0.717, 1.165) is 6.07 Å². The summed E-state index contributed by atoms with van der Waals surface area (Å²) >= 11 is 0. The number of esters is 1. The van der Waals surface area contributed by atoms with Crippen LogP contribution in [0, 0.1) is 0 Å². The fourth-order valence-corrected chi connectivity index (χ4v) is 2.02. The van der Waals surface area contributed by atoms with Gasteiger partial charge in [-0.3, -0.25) is 4.68 Å². The van der Waals surface area contributed by atoms with Crippen LogP contribution in [0.4, 0.5) is 13.2 Å². The van der Waals surface area contributed by atoms with Crippen molar-refractivity contribution >= 4 is 5.97 Å². The smallest absolute Gasteiger partial charge is 0.472 e. The summed E-state index contributed by atoms with van der Waals surface area (Å²) in [4.78, 5) is 12.2. The summed E-state index contributed by atoms with van der Waals surface area (Å²) in [5.74, 6) is -1.09. The number of carbonyl (C=O) groups is 1. The summed E-state index contributed by atoms with van der Waals surface area (Å²) in [6.07, 6.45) is -3.72. The van der Waals surface area contributed by atoms with Gasteiger partial charge in [-0.05, 0) is 26.0 Å². The number of nitrogens with zero attached hydrogens (tertiary/aromatic N) is 2. The van der Waals surface area contributed by atoms with E-state index in [4.69, 9.17) is 9.47 Å². The summed E-state index contributed by atoms with van der Waals surface area (Å²) in [5, 5.41) is 3.97. The van der Waals surface area contributed by atoms with Crippen LogP contribution in [0.5, 0.6) is 11.6 Å². The van der Waals surface area contributed by atoms with Crippen LogP contribution >= 0.6 is 0 Å². The van der Waals surface area contributed by atoms with Gasteiger partial charge in [-0.1, -0.05) is 6.07 Å². The highest BCUT2D eigenvalue weighted by Gasteiger charge is 2.33. The largest absolute Gasteiger partial charge is 0.573 e. The Morgan fingerprint density at radius 1 is 1.28 bits per heavy atom. The first-order valence-corrected chi connectivity index (χ1v) is 7.37. The first-order chi connectivity index (χ1) is 11.7. The minimum atomic E-state index is -4.90. The van der Waals surface area contributed by atoms with Crippen molar-refractivity contribution in [1.29, 1.82) is 0 Å². The zero-order chi connectivity index (χ0) is 18.6. The summed E-state index contributed by atoms with van der Waals surface area (Å²) in [5.41, 5.74) is -0.137. The lowest BCUT2D eigenvalue weighted by molar-refractivity contribution is -0.275. The van der Waals surface area contributed by atoms with Gasteiger partial charge in [-0.2, -0.15) is 0 Å². The van der Waals surface area contributed by atoms with Crippen LogP contribution in [0.2, 0.25) is 0 Å². The van der Waals surface area contributed by atoms with E-state index >= 15 is 0 Å². The number of rotatable bonds is 6. The molecule has 0 radical (unpaired) electrons. The van der Waals surface area contributed by atoms with E-state index in [0.29, 0.717) is 0 Å². The minimum absolute atomic E-state index is 0.0635. The molecule has 2 rings (SSSR count). The lowest BCUT2D eigenvalue weighted by atomic mass is 10.1. The third-order valence-electron chi connectivity index (χ3n) is 2.97. The van der Waals surface area contributed by atoms with Gasteiger partial charge in [0.15, 0.2) is 0 Å². The monoisotopic (exact) mass is 358 g/mol. The fourth-order valence-electron chi connectivity index (χ4n) is 2.02. The number of hydrogen-bond donors (Lipinski definition) is 0. The zero-order valence-corrected chi connectivity index (χ0v) is 13.8. The molecule has 0 saturated heterocycles. The molecule has 0 N–H and O–H groups in total. The third kappa shape index (κ3) is 5.40. The van der Waals surface area contributed by atoms with Crippen molar-refractivity contribution in [2.75, 3.05) is 0 Å². The van der Waals surface area contributed by atoms with Crippen molar-refractivity contribution in [1.82, 2.24) is 9.78 Å². The van der Waals surface area contributed by atoms with E-state index in [1.165, 1.54) is 16.8 Å². The van der Waals surface area contributed by atoms with Crippen molar-refractivity contribution in [3.8, 4) is 11.6 Å². The quantitative estimate of drug-likeness (QED) is 0.740. The molecule has 0 saturated carbocycles. The number of halogens is 3. The van der Waals surface area contributed by atoms with Gasteiger partial charge in [0, 0.05) is 24.9 Å². The average Bonchev–Trinajstić information content (AvgIpc) is 2.89. The van der Waals surface area contributed by atoms with Gasteiger partial charge in [0.05, 0.1) is 11.7 Å². The van der Waals surface area contributed by atoms with Crippen LogP contribution in [0.15, 0.2) is 30.5 Å². The molecule has 0 amide bonds. The highest BCUT2D eigenvalue weighted by molar-refractivity contribution is 5.92. The highest BCUT2D eigenvalue weighted by Crippen LogP contribution is 2.30. The van der Waals surface area contributed by atoms with Crippen LogP contribution in [-0.2, 0) is 18.4 Å². The molecule has 0 aliphatic rings. The lowest BCUT2D eigenvalue weighted by Gasteiger charge is -2.17. The number of carbonyl (C=O) groups excluding carboxylic acids is 1. The van der Waals surface area contributed by atoms with Crippen LogP contribution in [0.25, 0.3) is 0 Å². The van der Waals surface area contributed by atoms with E-state index < -0.39 is 24.2 Å². The van der Waals surface area contributed by atoms with Gasteiger partial charge in [0.1, 0.15) is 12.4 Å². The molecule has 0 fully saturated rings. The maximum atomic E-state index is 12.6. The predicted octanol–water partition coefficient (Wildman–Crippen LogP) is 3.46. The first-order valence-electron chi connectivity index (χ1n) is 7.37. The number of aromatic nitrogens is 2. The van der Waals surface area contributed by atoms with Crippen molar-refractivity contribution in [2.45, 2.75) is 32.9 Å². The van der Waals surface area contributed by atoms with Crippen LogP contribution < -0.4 is 9.47 Å². The lowest BCUT2D eigenvalue weighted by Crippen LogP contribution is -2.20. The number of hydrogen-bond acceptors (Lipinski definition) is 5. The van der Waals surface area contributed by atoms with Crippen LogP contribution in [0.3, 0.4) is 0 Å². The molecule has 6 nitrogen and oxygen atoms in total.